The number of carboxylic acid groups (broad SMARTS) is 1. The summed E-state index contributed by atoms with van der Waals surface area (Å²) < 4.78 is 15.3. The standard InChI is InChI=1S/C20H14BrClFNO3S/c21-13-7-5-11(6-8-13)14-10-28-19(17(14)20(26)27)24-18(25)16(23)9-12-3-1-2-4-15(12)22/h1-8,10,16H,9H2,(H,24,25)(H,26,27). The number of benzene rings is 2. The van der Waals surface area contributed by atoms with Crippen LogP contribution in [0.3, 0.4) is 0 Å². The molecule has 0 radical (unpaired) electrons. The second kappa shape index (κ2) is 8.86. The van der Waals surface area contributed by atoms with Gasteiger partial charge in [-0.2, -0.15) is 0 Å². The minimum Gasteiger partial charge on any atom is -0.478 e. The van der Waals surface area contributed by atoms with Crippen LogP contribution in [0.25, 0.3) is 11.1 Å². The summed E-state index contributed by atoms with van der Waals surface area (Å²) in [5.74, 6) is -2.11. The molecule has 1 amide bonds. The lowest BCUT2D eigenvalue weighted by molar-refractivity contribution is -0.120. The van der Waals surface area contributed by atoms with Gasteiger partial charge in [-0.25, -0.2) is 9.18 Å². The molecular weight excluding hydrogens is 469 g/mol. The van der Waals surface area contributed by atoms with Crippen molar-refractivity contribution in [3.63, 3.8) is 0 Å². The van der Waals surface area contributed by atoms with Gasteiger partial charge in [0.1, 0.15) is 10.6 Å². The summed E-state index contributed by atoms with van der Waals surface area (Å²) in [6, 6.07) is 13.8. The average Bonchev–Trinajstić information content (AvgIpc) is 3.08. The van der Waals surface area contributed by atoms with Crippen molar-refractivity contribution in [1.82, 2.24) is 0 Å². The summed E-state index contributed by atoms with van der Waals surface area (Å²) >= 11 is 10.4. The number of hydrogen-bond acceptors (Lipinski definition) is 3. The number of amides is 1. The number of carbonyl (C=O) groups is 2. The molecule has 0 fully saturated rings. The zero-order valence-electron chi connectivity index (χ0n) is 14.3. The minimum atomic E-state index is -1.86. The molecule has 144 valence electrons. The normalized spacial score (nSPS) is 11.8. The van der Waals surface area contributed by atoms with E-state index in [0.29, 0.717) is 21.7 Å². The molecule has 0 aliphatic carbocycles. The SMILES string of the molecule is O=C(O)c1c(-c2ccc(Br)cc2)csc1NC(=O)C(F)Cc1ccccc1Cl. The highest BCUT2D eigenvalue weighted by molar-refractivity contribution is 9.10. The number of thiophene rings is 1. The highest BCUT2D eigenvalue weighted by atomic mass is 79.9. The van der Waals surface area contributed by atoms with Crippen LogP contribution in [0.5, 0.6) is 0 Å². The first-order valence-corrected chi connectivity index (χ1v) is 10.2. The molecule has 0 aliphatic rings. The van der Waals surface area contributed by atoms with Crippen LogP contribution < -0.4 is 5.32 Å². The monoisotopic (exact) mass is 481 g/mol. The predicted octanol–water partition coefficient (Wildman–Crippen LogP) is 6.05. The molecule has 2 N–H and O–H groups in total. The van der Waals surface area contributed by atoms with Crippen molar-refractivity contribution in [3.8, 4) is 11.1 Å². The Hall–Kier alpha value is -2.22. The third-order valence-electron chi connectivity index (χ3n) is 4.04. The van der Waals surface area contributed by atoms with E-state index < -0.39 is 18.0 Å². The Morgan fingerprint density at radius 2 is 1.86 bits per heavy atom. The van der Waals surface area contributed by atoms with Gasteiger partial charge in [-0.3, -0.25) is 4.79 Å². The molecular formula is C20H14BrClFNO3S. The quantitative estimate of drug-likeness (QED) is 0.449. The number of alkyl halides is 1. The number of carboxylic acids is 1. The van der Waals surface area contributed by atoms with Gasteiger partial charge < -0.3 is 10.4 Å². The van der Waals surface area contributed by atoms with Crippen LogP contribution in [0, 0.1) is 0 Å². The van der Waals surface area contributed by atoms with E-state index in [1.807, 2.05) is 0 Å². The number of aromatic carboxylic acids is 1. The van der Waals surface area contributed by atoms with E-state index >= 15 is 0 Å². The maximum absolute atomic E-state index is 14.4. The Morgan fingerprint density at radius 3 is 2.50 bits per heavy atom. The van der Waals surface area contributed by atoms with Crippen molar-refractivity contribution in [2.75, 3.05) is 5.32 Å². The largest absolute Gasteiger partial charge is 0.478 e. The van der Waals surface area contributed by atoms with Gasteiger partial charge in [0, 0.05) is 26.9 Å². The summed E-state index contributed by atoms with van der Waals surface area (Å²) in [6.07, 6.45) is -2.06. The molecule has 3 aromatic rings. The van der Waals surface area contributed by atoms with E-state index in [0.717, 1.165) is 15.8 Å². The third-order valence-corrected chi connectivity index (χ3v) is 5.83. The first-order valence-electron chi connectivity index (χ1n) is 8.16. The van der Waals surface area contributed by atoms with E-state index in [-0.39, 0.29) is 17.0 Å². The van der Waals surface area contributed by atoms with Crippen LogP contribution in [-0.4, -0.2) is 23.2 Å². The Bertz CT molecular complexity index is 1020. The maximum atomic E-state index is 14.4. The van der Waals surface area contributed by atoms with Gasteiger partial charge in [0.25, 0.3) is 5.91 Å². The number of carbonyl (C=O) groups excluding carboxylic acids is 1. The van der Waals surface area contributed by atoms with Gasteiger partial charge in [-0.05, 0) is 29.3 Å². The molecule has 1 heterocycles. The molecule has 0 spiro atoms. The zero-order chi connectivity index (χ0) is 20.3. The molecule has 1 aromatic heterocycles. The topological polar surface area (TPSA) is 66.4 Å². The fraction of sp³-hybridized carbons (Fsp3) is 0.100. The van der Waals surface area contributed by atoms with Crippen molar-refractivity contribution in [1.29, 1.82) is 0 Å². The Balaban J connectivity index is 1.82. The number of anilines is 1. The highest BCUT2D eigenvalue weighted by Gasteiger charge is 2.25. The van der Waals surface area contributed by atoms with Crippen LogP contribution in [-0.2, 0) is 11.2 Å². The number of hydrogen-bond donors (Lipinski definition) is 2. The van der Waals surface area contributed by atoms with Crippen LogP contribution in [0.1, 0.15) is 15.9 Å². The summed E-state index contributed by atoms with van der Waals surface area (Å²) in [5.41, 5.74) is 1.59. The van der Waals surface area contributed by atoms with Crippen LogP contribution in [0.4, 0.5) is 9.39 Å². The van der Waals surface area contributed by atoms with E-state index in [1.165, 1.54) is 0 Å². The van der Waals surface area contributed by atoms with Gasteiger partial charge in [-0.1, -0.05) is 57.9 Å². The maximum Gasteiger partial charge on any atom is 0.339 e. The molecule has 4 nitrogen and oxygen atoms in total. The van der Waals surface area contributed by atoms with Gasteiger partial charge in [-0.15, -0.1) is 11.3 Å². The molecule has 2 aromatic carbocycles. The fourth-order valence-electron chi connectivity index (χ4n) is 2.64. The molecule has 3 rings (SSSR count). The van der Waals surface area contributed by atoms with Crippen molar-refractivity contribution in [2.24, 2.45) is 0 Å². The van der Waals surface area contributed by atoms with Gasteiger partial charge in [0.2, 0.25) is 0 Å². The highest BCUT2D eigenvalue weighted by Crippen LogP contribution is 2.36. The number of halogens is 3. The van der Waals surface area contributed by atoms with Gasteiger partial charge >= 0.3 is 5.97 Å². The predicted molar refractivity (Wildman–Crippen MR) is 113 cm³/mol. The van der Waals surface area contributed by atoms with Crippen molar-refractivity contribution >= 4 is 55.7 Å². The van der Waals surface area contributed by atoms with Crippen molar-refractivity contribution in [3.05, 3.63) is 74.5 Å². The van der Waals surface area contributed by atoms with Crippen LogP contribution >= 0.6 is 38.9 Å². The lowest BCUT2D eigenvalue weighted by Crippen LogP contribution is -2.26. The molecule has 0 aliphatic heterocycles. The summed E-state index contributed by atoms with van der Waals surface area (Å²) in [5, 5.41) is 14.1. The van der Waals surface area contributed by atoms with E-state index in [9.17, 15) is 19.1 Å². The summed E-state index contributed by atoms with van der Waals surface area (Å²) in [7, 11) is 0. The lowest BCUT2D eigenvalue weighted by atomic mass is 10.0. The van der Waals surface area contributed by atoms with Gasteiger partial charge in [0.15, 0.2) is 6.17 Å². The first-order chi connectivity index (χ1) is 13.4. The lowest BCUT2D eigenvalue weighted by Gasteiger charge is -2.11. The molecule has 0 saturated heterocycles. The van der Waals surface area contributed by atoms with Crippen LogP contribution in [0.15, 0.2) is 58.4 Å². The second-order valence-corrected chi connectivity index (χ2v) is 8.12. The molecule has 0 bridgehead atoms. The summed E-state index contributed by atoms with van der Waals surface area (Å²) in [6.45, 7) is 0. The Kier molecular flexibility index (Phi) is 6.49. The van der Waals surface area contributed by atoms with E-state index in [4.69, 9.17) is 11.6 Å². The zero-order valence-corrected chi connectivity index (χ0v) is 17.4. The summed E-state index contributed by atoms with van der Waals surface area (Å²) in [4.78, 5) is 24.0. The molecule has 1 unspecified atom stereocenters. The Labute approximate surface area is 178 Å². The number of nitrogens with one attached hydrogen (secondary N) is 1. The first kappa shape index (κ1) is 20.5. The second-order valence-electron chi connectivity index (χ2n) is 5.92. The molecule has 1 atom stereocenters. The fourth-order valence-corrected chi connectivity index (χ4v) is 4.09. The van der Waals surface area contributed by atoms with Crippen LogP contribution in [0.2, 0.25) is 5.02 Å². The van der Waals surface area contributed by atoms with Crippen molar-refractivity contribution in [2.45, 2.75) is 12.6 Å². The third kappa shape index (κ3) is 4.60. The van der Waals surface area contributed by atoms with E-state index in [2.05, 4.69) is 21.2 Å². The van der Waals surface area contributed by atoms with Crippen molar-refractivity contribution < 1.29 is 19.1 Å². The average molecular weight is 483 g/mol. The Morgan fingerprint density at radius 1 is 1.18 bits per heavy atom. The molecule has 28 heavy (non-hydrogen) atoms. The molecule has 8 heteroatoms. The molecule has 0 saturated carbocycles. The van der Waals surface area contributed by atoms with E-state index in [1.54, 1.807) is 53.9 Å². The number of rotatable bonds is 6. The smallest absolute Gasteiger partial charge is 0.339 e. The van der Waals surface area contributed by atoms with Gasteiger partial charge in [0.05, 0.1) is 0 Å². The minimum absolute atomic E-state index is 0.0642.